The highest BCUT2D eigenvalue weighted by molar-refractivity contribution is 9.10. The lowest BCUT2D eigenvalue weighted by atomic mass is 10.2. The molecule has 1 fully saturated rings. The summed E-state index contributed by atoms with van der Waals surface area (Å²) in [7, 11) is 0. The molecule has 1 N–H and O–H groups in total. The maximum absolute atomic E-state index is 13.3. The number of rotatable bonds is 2. The molecule has 70 valence electrons. The number of alkyl halides is 2. The van der Waals surface area contributed by atoms with Crippen LogP contribution in [0.5, 0.6) is 0 Å². The van der Waals surface area contributed by atoms with E-state index in [1.165, 1.54) is 0 Å². The minimum absolute atomic E-state index is 0.0877. The molecule has 0 aromatic heterocycles. The van der Waals surface area contributed by atoms with Gasteiger partial charge in [-0.3, -0.25) is 0 Å². The molecule has 1 aliphatic rings. The van der Waals surface area contributed by atoms with Crippen LogP contribution < -0.4 is 0 Å². The number of carbonyl (C=O) groups excluding carboxylic acids is 1. The van der Waals surface area contributed by atoms with Gasteiger partial charge in [-0.15, -0.1) is 0 Å². The number of cyclic esters (lactones) is 1. The Morgan fingerprint density at radius 2 is 2.50 bits per heavy atom. The second-order valence-corrected chi connectivity index (χ2v) is 3.46. The van der Waals surface area contributed by atoms with Crippen LogP contribution in [0.4, 0.5) is 4.39 Å². The second-order valence-electron chi connectivity index (χ2n) is 2.37. The molecule has 0 aromatic rings. The highest BCUT2D eigenvalue weighted by Gasteiger charge is 2.64. The van der Waals surface area contributed by atoms with Crippen molar-refractivity contribution in [3.05, 3.63) is 0 Å². The number of ether oxygens (including phenoxy) is 2. The zero-order chi connectivity index (χ0) is 9.41. The zero-order valence-corrected chi connectivity index (χ0v) is 7.93. The Bertz CT molecular complexity index is 208. The van der Waals surface area contributed by atoms with Gasteiger partial charge in [0.05, 0.1) is 0 Å². The molecule has 0 aliphatic carbocycles. The second kappa shape index (κ2) is 2.93. The van der Waals surface area contributed by atoms with E-state index in [1.807, 2.05) is 0 Å². The van der Waals surface area contributed by atoms with Crippen LogP contribution in [0.1, 0.15) is 6.92 Å². The summed E-state index contributed by atoms with van der Waals surface area (Å²) in [6.07, 6.45) is 0. The standard InChI is InChI=1S/C6H8BrFO4/c1-2-12-5(10)3-11-4(9)6(5,7)8/h10H,2-3H2,1H3/t5-,6-/m1/s1. The Labute approximate surface area is 76.8 Å². The molecule has 0 amide bonds. The van der Waals surface area contributed by atoms with E-state index < -0.39 is 22.9 Å². The first-order valence-electron chi connectivity index (χ1n) is 3.35. The van der Waals surface area contributed by atoms with Crippen LogP contribution >= 0.6 is 15.9 Å². The molecule has 6 heteroatoms. The first-order valence-corrected chi connectivity index (χ1v) is 4.14. The molecular weight excluding hydrogens is 235 g/mol. The van der Waals surface area contributed by atoms with Crippen molar-refractivity contribution in [2.45, 2.75) is 17.3 Å². The van der Waals surface area contributed by atoms with Crippen LogP contribution in [0.3, 0.4) is 0 Å². The average molecular weight is 243 g/mol. The van der Waals surface area contributed by atoms with Gasteiger partial charge in [0.25, 0.3) is 5.79 Å². The van der Waals surface area contributed by atoms with E-state index in [0.717, 1.165) is 0 Å². The van der Waals surface area contributed by atoms with Gasteiger partial charge in [-0.2, -0.15) is 0 Å². The third-order valence-corrected chi connectivity index (χ3v) is 2.47. The van der Waals surface area contributed by atoms with Gasteiger partial charge in [0.15, 0.2) is 6.61 Å². The lowest BCUT2D eigenvalue weighted by Gasteiger charge is -2.25. The van der Waals surface area contributed by atoms with Crippen LogP contribution in [0.25, 0.3) is 0 Å². The highest BCUT2D eigenvalue weighted by atomic mass is 79.9. The monoisotopic (exact) mass is 242 g/mol. The van der Waals surface area contributed by atoms with Gasteiger partial charge in [-0.05, 0) is 22.9 Å². The van der Waals surface area contributed by atoms with E-state index in [-0.39, 0.29) is 6.61 Å². The maximum atomic E-state index is 13.3. The predicted molar refractivity (Wildman–Crippen MR) is 40.3 cm³/mol. The fourth-order valence-corrected chi connectivity index (χ4v) is 1.22. The van der Waals surface area contributed by atoms with Crippen molar-refractivity contribution in [3.8, 4) is 0 Å². The SMILES string of the molecule is CCO[C@]1(O)COC(=O)[C@]1(F)Br. The Morgan fingerprint density at radius 1 is 1.92 bits per heavy atom. The molecule has 1 heterocycles. The molecule has 0 unspecified atom stereocenters. The molecule has 1 rings (SSSR count). The lowest BCUT2D eigenvalue weighted by Crippen LogP contribution is -2.49. The van der Waals surface area contributed by atoms with Gasteiger partial charge in [0, 0.05) is 6.61 Å². The number of hydrogen-bond acceptors (Lipinski definition) is 4. The van der Waals surface area contributed by atoms with E-state index >= 15 is 0 Å². The van der Waals surface area contributed by atoms with E-state index in [1.54, 1.807) is 6.92 Å². The van der Waals surface area contributed by atoms with Crippen LogP contribution in [0, 0.1) is 0 Å². The molecule has 0 saturated carbocycles. The Hall–Kier alpha value is -0.200. The van der Waals surface area contributed by atoms with Crippen LogP contribution in [-0.4, -0.2) is 34.7 Å². The smallest absolute Gasteiger partial charge is 0.361 e. The van der Waals surface area contributed by atoms with E-state index in [0.29, 0.717) is 0 Å². The molecule has 0 aromatic carbocycles. The molecule has 0 spiro atoms. The summed E-state index contributed by atoms with van der Waals surface area (Å²) in [5, 5.41) is 9.40. The first-order chi connectivity index (χ1) is 5.44. The van der Waals surface area contributed by atoms with E-state index in [2.05, 4.69) is 25.4 Å². The fraction of sp³-hybridized carbons (Fsp3) is 0.833. The van der Waals surface area contributed by atoms with Gasteiger partial charge < -0.3 is 14.6 Å². The van der Waals surface area contributed by atoms with Gasteiger partial charge >= 0.3 is 10.5 Å². The molecule has 1 saturated heterocycles. The number of esters is 1. The fourth-order valence-electron chi connectivity index (χ4n) is 0.875. The molecule has 0 bridgehead atoms. The number of halogens is 2. The van der Waals surface area contributed by atoms with Gasteiger partial charge in [0.1, 0.15) is 0 Å². The normalized spacial score (nSPS) is 41.5. The summed E-state index contributed by atoms with van der Waals surface area (Å²) in [5.41, 5.74) is 0. The molecular formula is C6H8BrFO4. The van der Waals surface area contributed by atoms with Crippen molar-refractivity contribution in [3.63, 3.8) is 0 Å². The molecule has 0 radical (unpaired) electrons. The molecule has 12 heavy (non-hydrogen) atoms. The topological polar surface area (TPSA) is 55.8 Å². The van der Waals surface area contributed by atoms with E-state index in [9.17, 15) is 14.3 Å². The highest BCUT2D eigenvalue weighted by Crippen LogP contribution is 2.40. The summed E-state index contributed by atoms with van der Waals surface area (Å²) in [4.78, 5) is 10.7. The van der Waals surface area contributed by atoms with Crippen molar-refractivity contribution < 1.29 is 23.8 Å². The third-order valence-electron chi connectivity index (χ3n) is 1.53. The zero-order valence-electron chi connectivity index (χ0n) is 6.34. The molecule has 1 aliphatic heterocycles. The summed E-state index contributed by atoms with van der Waals surface area (Å²) in [6, 6.07) is 0. The third kappa shape index (κ3) is 1.23. The predicted octanol–water partition coefficient (Wildman–Crippen LogP) is 0.329. The number of carbonyl (C=O) groups is 1. The van der Waals surface area contributed by atoms with E-state index in [4.69, 9.17) is 0 Å². The quantitative estimate of drug-likeness (QED) is 0.431. The van der Waals surface area contributed by atoms with Gasteiger partial charge in [0.2, 0.25) is 0 Å². The summed E-state index contributed by atoms with van der Waals surface area (Å²) in [5.74, 6) is -3.38. The molecule has 2 atom stereocenters. The summed E-state index contributed by atoms with van der Waals surface area (Å²) in [6.45, 7) is 1.16. The van der Waals surface area contributed by atoms with Crippen molar-refractivity contribution in [2.24, 2.45) is 0 Å². The van der Waals surface area contributed by atoms with Crippen molar-refractivity contribution in [1.82, 2.24) is 0 Å². The lowest BCUT2D eigenvalue weighted by molar-refractivity contribution is -0.228. The van der Waals surface area contributed by atoms with Crippen molar-refractivity contribution >= 4 is 21.9 Å². The molecule has 4 nitrogen and oxygen atoms in total. The van der Waals surface area contributed by atoms with Crippen molar-refractivity contribution in [2.75, 3.05) is 13.2 Å². The largest absolute Gasteiger partial charge is 0.457 e. The number of hydrogen-bond donors (Lipinski definition) is 1. The Morgan fingerprint density at radius 3 is 2.83 bits per heavy atom. The number of aliphatic hydroxyl groups is 1. The minimum Gasteiger partial charge on any atom is -0.457 e. The van der Waals surface area contributed by atoms with Gasteiger partial charge in [-0.1, -0.05) is 0 Å². The van der Waals surface area contributed by atoms with Gasteiger partial charge in [-0.25, -0.2) is 9.18 Å². The van der Waals surface area contributed by atoms with Crippen LogP contribution in [0.2, 0.25) is 0 Å². The summed E-state index contributed by atoms with van der Waals surface area (Å²) < 4.78 is 19.6. The maximum Gasteiger partial charge on any atom is 0.361 e. The minimum atomic E-state index is -2.66. The summed E-state index contributed by atoms with van der Waals surface area (Å²) >= 11 is 2.42. The first kappa shape index (κ1) is 9.88. The Kier molecular flexibility index (Phi) is 2.42. The van der Waals surface area contributed by atoms with Crippen LogP contribution in [-0.2, 0) is 14.3 Å². The van der Waals surface area contributed by atoms with Crippen molar-refractivity contribution in [1.29, 1.82) is 0 Å². The average Bonchev–Trinajstić information content (AvgIpc) is 2.16. The Balaban J connectivity index is 2.85. The van der Waals surface area contributed by atoms with Crippen LogP contribution in [0.15, 0.2) is 0 Å².